The van der Waals surface area contributed by atoms with Gasteiger partial charge in [0.25, 0.3) is 0 Å². The average Bonchev–Trinajstić information content (AvgIpc) is 2.83. The lowest BCUT2D eigenvalue weighted by Gasteiger charge is -2.19. The van der Waals surface area contributed by atoms with E-state index >= 15 is 0 Å². The third kappa shape index (κ3) is 7.38. The summed E-state index contributed by atoms with van der Waals surface area (Å²) in [5.74, 6) is -1.02. The number of rotatable bonds is 11. The Kier molecular flexibility index (Phi) is 9.11. The molecule has 0 fully saturated rings. The van der Waals surface area contributed by atoms with Crippen LogP contribution >= 0.6 is 11.8 Å². The Morgan fingerprint density at radius 2 is 1.65 bits per heavy atom. The monoisotopic (exact) mass is 478 g/mol. The second-order valence-corrected chi connectivity index (χ2v) is 8.48. The Labute approximate surface area is 202 Å². The topological polar surface area (TPSA) is 105 Å². The molecule has 0 saturated heterocycles. The second-order valence-electron chi connectivity index (χ2n) is 7.30. The molecule has 0 heterocycles. The SMILES string of the molecule is CCOc1ccccc1NC(=O)C(Sc1cccc(NC(=O)CCC(=O)O)c1)c1ccccc1. The zero-order chi connectivity index (χ0) is 24.3. The van der Waals surface area contributed by atoms with Crippen LogP contribution in [0.4, 0.5) is 11.4 Å². The fraction of sp³-hybridized carbons (Fsp3) is 0.192. The molecule has 0 bridgehead atoms. The summed E-state index contributed by atoms with van der Waals surface area (Å²) in [6.07, 6.45) is -0.346. The van der Waals surface area contributed by atoms with Crippen LogP contribution < -0.4 is 15.4 Å². The third-order valence-corrected chi connectivity index (χ3v) is 5.97. The summed E-state index contributed by atoms with van der Waals surface area (Å²) in [6.45, 7) is 2.36. The lowest BCUT2D eigenvalue weighted by molar-refractivity contribution is -0.138. The maximum atomic E-state index is 13.4. The standard InChI is InChI=1S/C26H26N2O5S/c1-2-33-22-14-7-6-13-21(22)28-26(32)25(18-9-4-3-5-10-18)34-20-12-8-11-19(17-20)27-23(29)15-16-24(30)31/h3-14,17,25H,2,15-16H2,1H3,(H,27,29)(H,28,32)(H,30,31). The van der Waals surface area contributed by atoms with Gasteiger partial charge in [0, 0.05) is 17.0 Å². The summed E-state index contributed by atoms with van der Waals surface area (Å²) in [6, 6.07) is 23.8. The third-order valence-electron chi connectivity index (χ3n) is 4.72. The minimum Gasteiger partial charge on any atom is -0.492 e. The molecule has 3 N–H and O–H groups in total. The lowest BCUT2D eigenvalue weighted by Crippen LogP contribution is -2.19. The number of nitrogens with one attached hydrogen (secondary N) is 2. The Morgan fingerprint density at radius 1 is 0.912 bits per heavy atom. The molecule has 0 aliphatic carbocycles. The molecule has 7 nitrogen and oxygen atoms in total. The molecule has 0 aromatic heterocycles. The van der Waals surface area contributed by atoms with E-state index in [1.807, 2.05) is 55.5 Å². The molecule has 3 aromatic rings. The molecule has 0 aliphatic rings. The number of anilines is 2. The highest BCUT2D eigenvalue weighted by Crippen LogP contribution is 2.38. The fourth-order valence-corrected chi connectivity index (χ4v) is 4.26. The van der Waals surface area contributed by atoms with Crippen LogP contribution in [0.3, 0.4) is 0 Å². The Morgan fingerprint density at radius 3 is 2.38 bits per heavy atom. The van der Waals surface area contributed by atoms with Crippen molar-refractivity contribution >= 4 is 40.9 Å². The molecular formula is C26H26N2O5S. The Bertz CT molecular complexity index is 1140. The molecule has 3 rings (SSSR count). The van der Waals surface area contributed by atoms with Gasteiger partial charge in [0.05, 0.1) is 18.7 Å². The predicted molar refractivity (Wildman–Crippen MR) is 133 cm³/mol. The van der Waals surface area contributed by atoms with Crippen molar-refractivity contribution in [2.75, 3.05) is 17.2 Å². The number of amides is 2. The molecule has 8 heteroatoms. The van der Waals surface area contributed by atoms with E-state index in [0.29, 0.717) is 23.7 Å². The van der Waals surface area contributed by atoms with Crippen molar-refractivity contribution in [1.82, 2.24) is 0 Å². The number of hydrogen-bond donors (Lipinski definition) is 3. The normalized spacial score (nSPS) is 11.3. The molecule has 1 unspecified atom stereocenters. The van der Waals surface area contributed by atoms with Gasteiger partial charge in [0.2, 0.25) is 11.8 Å². The maximum absolute atomic E-state index is 13.4. The van der Waals surface area contributed by atoms with Crippen LogP contribution in [0.5, 0.6) is 5.75 Å². The minimum atomic E-state index is -1.03. The molecule has 0 spiro atoms. The van der Waals surface area contributed by atoms with Crippen LogP contribution in [0.1, 0.15) is 30.6 Å². The van der Waals surface area contributed by atoms with E-state index < -0.39 is 11.2 Å². The number of ether oxygens (including phenoxy) is 1. The van der Waals surface area contributed by atoms with E-state index in [2.05, 4.69) is 10.6 Å². The molecule has 2 amide bonds. The number of hydrogen-bond acceptors (Lipinski definition) is 5. The minimum absolute atomic E-state index is 0.110. The van der Waals surface area contributed by atoms with E-state index in [9.17, 15) is 14.4 Å². The van der Waals surface area contributed by atoms with Crippen molar-refractivity contribution in [3.63, 3.8) is 0 Å². The maximum Gasteiger partial charge on any atom is 0.303 e. The first-order valence-electron chi connectivity index (χ1n) is 10.8. The van der Waals surface area contributed by atoms with Gasteiger partial charge in [-0.1, -0.05) is 48.5 Å². The molecule has 34 heavy (non-hydrogen) atoms. The quantitative estimate of drug-likeness (QED) is 0.321. The summed E-state index contributed by atoms with van der Waals surface area (Å²) >= 11 is 1.35. The zero-order valence-corrected chi connectivity index (χ0v) is 19.5. The summed E-state index contributed by atoms with van der Waals surface area (Å²) in [4.78, 5) is 36.8. The van der Waals surface area contributed by atoms with Crippen molar-refractivity contribution in [1.29, 1.82) is 0 Å². The molecule has 0 saturated carbocycles. The zero-order valence-electron chi connectivity index (χ0n) is 18.7. The van der Waals surface area contributed by atoms with Crippen LogP contribution in [0.2, 0.25) is 0 Å². The van der Waals surface area contributed by atoms with Crippen LogP contribution in [0.25, 0.3) is 0 Å². The number of aliphatic carboxylic acids is 1. The van der Waals surface area contributed by atoms with Gasteiger partial charge < -0.3 is 20.5 Å². The predicted octanol–water partition coefficient (Wildman–Crippen LogP) is 5.36. The van der Waals surface area contributed by atoms with Crippen molar-refractivity contribution in [3.8, 4) is 5.75 Å². The van der Waals surface area contributed by atoms with E-state index in [1.165, 1.54) is 11.8 Å². The number of para-hydroxylation sites is 2. The molecule has 1 atom stereocenters. The number of benzene rings is 3. The van der Waals surface area contributed by atoms with Gasteiger partial charge in [-0.2, -0.15) is 0 Å². The van der Waals surface area contributed by atoms with Gasteiger partial charge in [-0.3, -0.25) is 14.4 Å². The van der Waals surface area contributed by atoms with Gasteiger partial charge in [-0.25, -0.2) is 0 Å². The molecule has 0 aliphatic heterocycles. The van der Waals surface area contributed by atoms with E-state index in [-0.39, 0.29) is 24.7 Å². The van der Waals surface area contributed by atoms with Crippen LogP contribution in [0, 0.1) is 0 Å². The summed E-state index contributed by atoms with van der Waals surface area (Å²) in [7, 11) is 0. The summed E-state index contributed by atoms with van der Waals surface area (Å²) in [5.41, 5.74) is 1.96. The van der Waals surface area contributed by atoms with Gasteiger partial charge in [-0.15, -0.1) is 11.8 Å². The first-order valence-corrected chi connectivity index (χ1v) is 11.7. The Balaban J connectivity index is 1.79. The molecule has 0 radical (unpaired) electrons. The second kappa shape index (κ2) is 12.5. The Hall–Kier alpha value is -3.78. The molecule has 3 aromatic carbocycles. The van der Waals surface area contributed by atoms with Crippen LogP contribution in [-0.4, -0.2) is 29.5 Å². The highest BCUT2D eigenvalue weighted by Gasteiger charge is 2.23. The lowest BCUT2D eigenvalue weighted by atomic mass is 10.1. The summed E-state index contributed by atoms with van der Waals surface area (Å²) < 4.78 is 5.63. The number of thioether (sulfide) groups is 1. The fourth-order valence-electron chi connectivity index (χ4n) is 3.18. The van der Waals surface area contributed by atoms with Crippen molar-refractivity contribution < 1.29 is 24.2 Å². The first-order chi connectivity index (χ1) is 16.5. The van der Waals surface area contributed by atoms with Crippen LogP contribution in [0.15, 0.2) is 83.8 Å². The van der Waals surface area contributed by atoms with E-state index in [1.54, 1.807) is 30.3 Å². The van der Waals surface area contributed by atoms with Crippen molar-refractivity contribution in [2.45, 2.75) is 29.9 Å². The largest absolute Gasteiger partial charge is 0.492 e. The van der Waals surface area contributed by atoms with Gasteiger partial charge in [0.15, 0.2) is 0 Å². The number of carboxylic acid groups (broad SMARTS) is 1. The number of carbonyl (C=O) groups is 3. The van der Waals surface area contributed by atoms with E-state index in [0.717, 1.165) is 10.5 Å². The number of carboxylic acids is 1. The first kappa shape index (κ1) is 24.9. The average molecular weight is 479 g/mol. The molecule has 176 valence electrons. The van der Waals surface area contributed by atoms with Gasteiger partial charge in [0.1, 0.15) is 11.0 Å². The number of carbonyl (C=O) groups excluding carboxylic acids is 2. The van der Waals surface area contributed by atoms with Gasteiger partial charge >= 0.3 is 5.97 Å². The smallest absolute Gasteiger partial charge is 0.303 e. The summed E-state index contributed by atoms with van der Waals surface area (Å²) in [5, 5.41) is 13.9. The van der Waals surface area contributed by atoms with Crippen LogP contribution in [-0.2, 0) is 14.4 Å². The van der Waals surface area contributed by atoms with Crippen molar-refractivity contribution in [3.05, 3.63) is 84.4 Å². The van der Waals surface area contributed by atoms with Gasteiger partial charge in [-0.05, 0) is 42.8 Å². The molecular weight excluding hydrogens is 452 g/mol. The highest BCUT2D eigenvalue weighted by molar-refractivity contribution is 8.00. The van der Waals surface area contributed by atoms with E-state index in [4.69, 9.17) is 9.84 Å². The van der Waals surface area contributed by atoms with Crippen molar-refractivity contribution in [2.24, 2.45) is 0 Å². The highest BCUT2D eigenvalue weighted by atomic mass is 32.2.